The fourth-order valence-electron chi connectivity index (χ4n) is 3.23. The molecule has 1 N–H and O–H groups in total. The molecule has 6 nitrogen and oxygen atoms in total. The van der Waals surface area contributed by atoms with E-state index in [0.29, 0.717) is 26.4 Å². The average molecular weight is 328 g/mol. The molecule has 0 radical (unpaired) electrons. The number of nitrogens with zero attached hydrogens (tertiary/aromatic N) is 1. The summed E-state index contributed by atoms with van der Waals surface area (Å²) >= 11 is 0. The summed E-state index contributed by atoms with van der Waals surface area (Å²) in [6, 6.07) is 11.1. The molecule has 2 aliphatic rings. The zero-order chi connectivity index (χ0) is 16.5. The normalized spacial score (nSPS) is 22.8. The fourth-order valence-corrected chi connectivity index (χ4v) is 3.23. The van der Waals surface area contributed by atoms with Gasteiger partial charge in [0.25, 0.3) is 0 Å². The van der Waals surface area contributed by atoms with Gasteiger partial charge < -0.3 is 24.1 Å². The molecular weight excluding hydrogens is 308 g/mol. The van der Waals surface area contributed by atoms with Crippen molar-refractivity contribution in [2.45, 2.75) is 19.0 Å². The van der Waals surface area contributed by atoms with Crippen molar-refractivity contribution in [3.8, 4) is 5.75 Å². The zero-order valence-electron chi connectivity index (χ0n) is 13.5. The van der Waals surface area contributed by atoms with Crippen LogP contribution < -0.4 is 10.1 Å². The van der Waals surface area contributed by atoms with Crippen molar-refractivity contribution in [2.75, 3.05) is 26.4 Å². The fraction of sp³-hybridized carbons (Fsp3) is 0.389. The Labute approximate surface area is 140 Å². The molecule has 1 fully saturated rings. The molecule has 0 spiro atoms. The Balaban J connectivity index is 1.50. The molecule has 126 valence electrons. The number of amides is 2. The molecule has 1 aromatic carbocycles. The molecule has 0 bridgehead atoms. The highest BCUT2D eigenvalue weighted by Crippen LogP contribution is 2.32. The molecule has 2 amide bonds. The molecule has 0 unspecified atom stereocenters. The molecule has 6 heteroatoms. The summed E-state index contributed by atoms with van der Waals surface area (Å²) in [5, 5.41) is 3.08. The Kier molecular flexibility index (Phi) is 3.90. The van der Waals surface area contributed by atoms with Crippen LogP contribution in [0, 0.1) is 6.92 Å². The van der Waals surface area contributed by atoms with Crippen LogP contribution in [0.4, 0.5) is 4.79 Å². The van der Waals surface area contributed by atoms with Gasteiger partial charge in [0.15, 0.2) is 0 Å². The van der Waals surface area contributed by atoms with Gasteiger partial charge in [0.05, 0.1) is 19.3 Å². The Morgan fingerprint density at radius 2 is 2.08 bits per heavy atom. The summed E-state index contributed by atoms with van der Waals surface area (Å²) < 4.78 is 16.9. The highest BCUT2D eigenvalue weighted by atomic mass is 16.5. The number of aryl methyl sites for hydroxylation is 1. The number of fused-ring (bicyclic) bond motifs is 1. The van der Waals surface area contributed by atoms with Gasteiger partial charge in [0, 0.05) is 12.1 Å². The predicted molar refractivity (Wildman–Crippen MR) is 86.9 cm³/mol. The van der Waals surface area contributed by atoms with Crippen molar-refractivity contribution in [3.63, 3.8) is 0 Å². The second kappa shape index (κ2) is 6.20. The Morgan fingerprint density at radius 3 is 2.92 bits per heavy atom. The maximum absolute atomic E-state index is 12.8. The van der Waals surface area contributed by atoms with Gasteiger partial charge in [-0.1, -0.05) is 18.2 Å². The van der Waals surface area contributed by atoms with Crippen LogP contribution in [0.1, 0.15) is 29.2 Å². The van der Waals surface area contributed by atoms with Gasteiger partial charge >= 0.3 is 6.03 Å². The van der Waals surface area contributed by atoms with E-state index in [9.17, 15) is 4.79 Å². The van der Waals surface area contributed by atoms with Gasteiger partial charge in [-0.3, -0.25) is 0 Å². The number of furan rings is 1. The van der Waals surface area contributed by atoms with E-state index in [4.69, 9.17) is 13.9 Å². The van der Waals surface area contributed by atoms with Gasteiger partial charge in [0.2, 0.25) is 0 Å². The third-order valence-corrected chi connectivity index (χ3v) is 4.48. The number of benzene rings is 1. The van der Waals surface area contributed by atoms with E-state index < -0.39 is 0 Å². The highest BCUT2D eigenvalue weighted by molar-refractivity contribution is 5.75. The van der Waals surface area contributed by atoms with E-state index in [1.807, 2.05) is 43.3 Å². The SMILES string of the molecule is Cc1ccc([C@H]2COCCN2C(=O)N[C@@H]2COc3ccccc32)o1. The van der Waals surface area contributed by atoms with E-state index in [1.165, 1.54) is 0 Å². The monoisotopic (exact) mass is 328 g/mol. The maximum atomic E-state index is 12.8. The predicted octanol–water partition coefficient (Wildman–Crippen LogP) is 2.80. The number of carbonyl (C=O) groups is 1. The second-order valence-corrected chi connectivity index (χ2v) is 6.08. The molecular formula is C18H20N2O4. The van der Waals surface area contributed by atoms with E-state index >= 15 is 0 Å². The number of urea groups is 1. The second-order valence-electron chi connectivity index (χ2n) is 6.08. The van der Waals surface area contributed by atoms with Crippen LogP contribution in [0.15, 0.2) is 40.8 Å². The van der Waals surface area contributed by atoms with Crippen LogP contribution in [0.25, 0.3) is 0 Å². The summed E-state index contributed by atoms with van der Waals surface area (Å²) in [5.41, 5.74) is 1.02. The summed E-state index contributed by atoms with van der Waals surface area (Å²) in [5.74, 6) is 2.42. The number of para-hydroxylation sites is 1. The molecule has 0 saturated carbocycles. The Morgan fingerprint density at radius 1 is 1.21 bits per heavy atom. The first-order valence-corrected chi connectivity index (χ1v) is 8.15. The number of hydrogen-bond donors (Lipinski definition) is 1. The first kappa shape index (κ1) is 15.1. The minimum atomic E-state index is -0.204. The van der Waals surface area contributed by atoms with Crippen molar-refractivity contribution in [3.05, 3.63) is 53.5 Å². The number of nitrogens with one attached hydrogen (secondary N) is 1. The van der Waals surface area contributed by atoms with Crippen LogP contribution in [-0.2, 0) is 4.74 Å². The van der Waals surface area contributed by atoms with Gasteiger partial charge in [0.1, 0.15) is 29.9 Å². The molecule has 2 atom stereocenters. The van der Waals surface area contributed by atoms with E-state index in [2.05, 4.69) is 5.32 Å². The maximum Gasteiger partial charge on any atom is 0.318 e. The van der Waals surface area contributed by atoms with Crippen LogP contribution in [0.2, 0.25) is 0 Å². The first-order chi connectivity index (χ1) is 11.7. The number of ether oxygens (including phenoxy) is 2. The quantitative estimate of drug-likeness (QED) is 0.921. The first-order valence-electron chi connectivity index (χ1n) is 8.15. The molecule has 4 rings (SSSR count). The standard InChI is InChI=1S/C18H20N2O4/c1-12-6-7-17(24-12)15-11-22-9-8-20(15)18(21)19-14-10-23-16-5-3-2-4-13(14)16/h2-7,14-15H,8-11H2,1H3,(H,19,21)/t14-,15-/m1/s1. The Bertz CT molecular complexity index is 742. The van der Waals surface area contributed by atoms with Crippen LogP contribution >= 0.6 is 0 Å². The van der Waals surface area contributed by atoms with Gasteiger partial charge in [-0.15, -0.1) is 0 Å². The van der Waals surface area contributed by atoms with E-state index in [1.54, 1.807) is 4.90 Å². The molecule has 0 aliphatic carbocycles. The van der Waals surface area contributed by atoms with E-state index in [-0.39, 0.29) is 18.1 Å². The van der Waals surface area contributed by atoms with Crippen LogP contribution in [0.3, 0.4) is 0 Å². The van der Waals surface area contributed by atoms with Crippen molar-refractivity contribution in [2.24, 2.45) is 0 Å². The summed E-state index contributed by atoms with van der Waals surface area (Å²) in [7, 11) is 0. The minimum absolute atomic E-state index is 0.123. The number of carbonyl (C=O) groups excluding carboxylic acids is 1. The summed E-state index contributed by atoms with van der Waals surface area (Å²) in [6.07, 6.45) is 0. The molecule has 3 heterocycles. The lowest BCUT2D eigenvalue weighted by Gasteiger charge is -2.35. The van der Waals surface area contributed by atoms with Crippen LogP contribution in [0.5, 0.6) is 5.75 Å². The Hall–Kier alpha value is -2.47. The van der Waals surface area contributed by atoms with E-state index in [0.717, 1.165) is 22.8 Å². The number of morpholine rings is 1. The largest absolute Gasteiger partial charge is 0.491 e. The third kappa shape index (κ3) is 2.73. The number of rotatable bonds is 2. The topological polar surface area (TPSA) is 63.9 Å². The van der Waals surface area contributed by atoms with Crippen molar-refractivity contribution >= 4 is 6.03 Å². The summed E-state index contributed by atoms with van der Waals surface area (Å²) in [4.78, 5) is 14.6. The molecule has 24 heavy (non-hydrogen) atoms. The molecule has 2 aromatic rings. The lowest BCUT2D eigenvalue weighted by atomic mass is 10.1. The van der Waals surface area contributed by atoms with Gasteiger partial charge in [-0.25, -0.2) is 4.79 Å². The average Bonchev–Trinajstić information content (AvgIpc) is 3.22. The zero-order valence-corrected chi connectivity index (χ0v) is 13.5. The molecule has 2 aliphatic heterocycles. The van der Waals surface area contributed by atoms with Gasteiger partial charge in [-0.2, -0.15) is 0 Å². The van der Waals surface area contributed by atoms with Crippen molar-refractivity contribution < 1.29 is 18.7 Å². The molecule has 1 aromatic heterocycles. The minimum Gasteiger partial charge on any atom is -0.491 e. The third-order valence-electron chi connectivity index (χ3n) is 4.48. The summed E-state index contributed by atoms with van der Waals surface area (Å²) in [6.45, 7) is 3.86. The number of hydrogen-bond acceptors (Lipinski definition) is 4. The van der Waals surface area contributed by atoms with Crippen molar-refractivity contribution in [1.29, 1.82) is 0 Å². The molecule has 1 saturated heterocycles. The lowest BCUT2D eigenvalue weighted by molar-refractivity contribution is 0.00335. The van der Waals surface area contributed by atoms with Crippen LogP contribution in [-0.4, -0.2) is 37.3 Å². The van der Waals surface area contributed by atoms with Crippen molar-refractivity contribution in [1.82, 2.24) is 10.2 Å². The van der Waals surface area contributed by atoms with Gasteiger partial charge in [-0.05, 0) is 25.1 Å². The lowest BCUT2D eigenvalue weighted by Crippen LogP contribution is -2.49. The highest BCUT2D eigenvalue weighted by Gasteiger charge is 2.33. The smallest absolute Gasteiger partial charge is 0.318 e.